The summed E-state index contributed by atoms with van der Waals surface area (Å²) in [4.78, 5) is 42.0. The summed E-state index contributed by atoms with van der Waals surface area (Å²) in [6, 6.07) is -1.40. The van der Waals surface area contributed by atoms with Crippen LogP contribution in [0.15, 0.2) is 5.10 Å². The summed E-state index contributed by atoms with van der Waals surface area (Å²) in [6.45, 7) is 4.76. The van der Waals surface area contributed by atoms with Gasteiger partial charge in [0, 0.05) is 45.3 Å². The molecular formula is C23H42ClN7O7S. The molecule has 0 aromatic carbocycles. The number of hydrogen-bond donors (Lipinski definition) is 3. The van der Waals surface area contributed by atoms with Crippen molar-refractivity contribution in [1.82, 2.24) is 24.1 Å². The Labute approximate surface area is 236 Å². The lowest BCUT2D eigenvalue weighted by molar-refractivity contribution is -0.144. The molecule has 224 valence electrons. The number of amides is 2. The van der Waals surface area contributed by atoms with Crippen molar-refractivity contribution in [1.29, 1.82) is 0 Å². The number of ether oxygens (including phenoxy) is 2. The number of esters is 1. The van der Waals surface area contributed by atoms with Gasteiger partial charge in [-0.1, -0.05) is 0 Å². The lowest BCUT2D eigenvalue weighted by atomic mass is 9.98. The molecule has 14 nitrogen and oxygen atoms in total. The number of carbonyl (C=O) groups excluding carboxylic acids is 3. The van der Waals surface area contributed by atoms with Crippen molar-refractivity contribution in [2.24, 2.45) is 16.9 Å². The molecule has 0 aromatic heterocycles. The second kappa shape index (κ2) is 16.2. The second-order valence-electron chi connectivity index (χ2n) is 9.78. The molecule has 3 fully saturated rings. The number of hydrazone groups is 1. The molecule has 0 radical (unpaired) electrons. The van der Waals surface area contributed by atoms with Gasteiger partial charge in [0.1, 0.15) is 12.4 Å². The normalized spacial score (nSPS) is 21.2. The highest BCUT2D eigenvalue weighted by atomic mass is 35.5. The first-order valence-electron chi connectivity index (χ1n) is 13.3. The van der Waals surface area contributed by atoms with E-state index >= 15 is 0 Å². The van der Waals surface area contributed by atoms with Gasteiger partial charge in [-0.2, -0.15) is 22.5 Å². The first-order chi connectivity index (χ1) is 18.2. The van der Waals surface area contributed by atoms with Gasteiger partial charge in [-0.05, 0) is 38.5 Å². The van der Waals surface area contributed by atoms with Crippen LogP contribution in [0.25, 0.3) is 0 Å². The van der Waals surface area contributed by atoms with Gasteiger partial charge in [-0.3, -0.25) is 14.4 Å². The van der Waals surface area contributed by atoms with Crippen molar-refractivity contribution in [2.75, 3.05) is 59.1 Å². The van der Waals surface area contributed by atoms with Crippen LogP contribution < -0.4 is 15.9 Å². The van der Waals surface area contributed by atoms with E-state index < -0.39 is 34.0 Å². The van der Waals surface area contributed by atoms with Gasteiger partial charge >= 0.3 is 5.97 Å². The molecular weight excluding hydrogens is 554 g/mol. The summed E-state index contributed by atoms with van der Waals surface area (Å²) in [7, 11) is -4.05. The van der Waals surface area contributed by atoms with E-state index in [-0.39, 0.29) is 76.7 Å². The van der Waals surface area contributed by atoms with E-state index in [1.54, 1.807) is 13.3 Å². The number of likely N-dealkylation sites (tertiary alicyclic amines) is 1. The van der Waals surface area contributed by atoms with Crippen molar-refractivity contribution in [3.63, 3.8) is 0 Å². The standard InChI is InChI=1S/C23H41N7O7S.ClH/c1-2-37-22(32)7-9-30(19-5-6-19)23(33)20(27-38(34,35)29-10-12-36-13-11-29)14-21(31)25-15-18-4-3-8-28(16-18)17-26-24;/h17-20,27H,2-16,24H2,1H3,(H,25,31);1H/t18-,20-;/m0./s1. The van der Waals surface area contributed by atoms with Crippen LogP contribution in [-0.4, -0.2) is 118 Å². The number of piperidine rings is 1. The molecule has 0 spiro atoms. The fraction of sp³-hybridized carbons (Fsp3) is 0.826. The fourth-order valence-electron chi connectivity index (χ4n) is 4.70. The Morgan fingerprint density at radius 3 is 2.56 bits per heavy atom. The topological polar surface area (TPSA) is 176 Å². The number of halogens is 1. The fourth-order valence-corrected chi connectivity index (χ4v) is 6.03. The first-order valence-corrected chi connectivity index (χ1v) is 14.7. The highest BCUT2D eigenvalue weighted by molar-refractivity contribution is 7.87. The molecule has 39 heavy (non-hydrogen) atoms. The molecule has 2 amide bonds. The van der Waals surface area contributed by atoms with Crippen LogP contribution in [0.5, 0.6) is 0 Å². The van der Waals surface area contributed by atoms with Crippen molar-refractivity contribution < 1.29 is 32.3 Å². The third-order valence-electron chi connectivity index (χ3n) is 6.79. The first kappa shape index (κ1) is 33.0. The zero-order chi connectivity index (χ0) is 27.5. The molecule has 0 aromatic rings. The molecule has 2 atom stereocenters. The van der Waals surface area contributed by atoms with Crippen LogP contribution in [0.4, 0.5) is 0 Å². The summed E-state index contributed by atoms with van der Waals surface area (Å²) in [5.74, 6) is 4.04. The molecule has 1 aliphatic carbocycles. The second-order valence-corrected chi connectivity index (χ2v) is 11.5. The number of nitrogens with two attached hydrogens (primary N) is 1. The molecule has 0 bridgehead atoms. The van der Waals surface area contributed by atoms with Gasteiger partial charge in [0.05, 0.1) is 32.7 Å². The summed E-state index contributed by atoms with van der Waals surface area (Å²) < 4.78 is 40.1. The number of nitrogens with one attached hydrogen (secondary N) is 2. The van der Waals surface area contributed by atoms with Gasteiger partial charge in [-0.25, -0.2) is 0 Å². The summed E-state index contributed by atoms with van der Waals surface area (Å²) >= 11 is 0. The quantitative estimate of drug-likeness (QED) is 0.0748. The zero-order valence-corrected chi connectivity index (χ0v) is 24.1. The van der Waals surface area contributed by atoms with Gasteiger partial charge < -0.3 is 30.4 Å². The Hall–Kier alpha value is -2.20. The predicted octanol–water partition coefficient (Wildman–Crippen LogP) is -0.992. The van der Waals surface area contributed by atoms with Gasteiger partial charge in [0.2, 0.25) is 11.8 Å². The number of nitrogens with zero attached hydrogens (tertiary/aromatic N) is 4. The van der Waals surface area contributed by atoms with Crippen LogP contribution in [0.3, 0.4) is 0 Å². The van der Waals surface area contributed by atoms with Crippen molar-refractivity contribution in [3.8, 4) is 0 Å². The number of carbonyl (C=O) groups is 3. The van der Waals surface area contributed by atoms with Gasteiger partial charge in [0.15, 0.2) is 0 Å². The summed E-state index contributed by atoms with van der Waals surface area (Å²) in [5.41, 5.74) is 0. The minimum atomic E-state index is -4.05. The zero-order valence-electron chi connectivity index (χ0n) is 22.5. The van der Waals surface area contributed by atoms with E-state index in [1.165, 1.54) is 9.21 Å². The molecule has 2 aliphatic heterocycles. The maximum atomic E-state index is 13.6. The Balaban J connectivity index is 0.00000533. The molecule has 2 heterocycles. The lowest BCUT2D eigenvalue weighted by Crippen LogP contribution is -2.56. The Morgan fingerprint density at radius 2 is 1.92 bits per heavy atom. The largest absolute Gasteiger partial charge is 0.466 e. The molecule has 4 N–H and O–H groups in total. The van der Waals surface area contributed by atoms with E-state index in [0.717, 1.165) is 32.2 Å². The van der Waals surface area contributed by atoms with Crippen LogP contribution in [-0.2, 0) is 34.1 Å². The summed E-state index contributed by atoms with van der Waals surface area (Å²) in [5, 5.41) is 6.42. The highest BCUT2D eigenvalue weighted by Crippen LogP contribution is 2.28. The van der Waals surface area contributed by atoms with Crippen molar-refractivity contribution in [2.45, 2.75) is 57.5 Å². The smallest absolute Gasteiger partial charge is 0.307 e. The van der Waals surface area contributed by atoms with E-state index in [9.17, 15) is 22.8 Å². The summed E-state index contributed by atoms with van der Waals surface area (Å²) in [6.07, 6.45) is 4.59. The average Bonchev–Trinajstić information content (AvgIpc) is 3.73. The monoisotopic (exact) mass is 595 g/mol. The van der Waals surface area contributed by atoms with E-state index in [2.05, 4.69) is 15.1 Å². The maximum Gasteiger partial charge on any atom is 0.307 e. The lowest BCUT2D eigenvalue weighted by Gasteiger charge is -2.32. The van der Waals surface area contributed by atoms with Crippen LogP contribution >= 0.6 is 12.4 Å². The van der Waals surface area contributed by atoms with Gasteiger partial charge in [-0.15, -0.1) is 12.4 Å². The number of hydrogen-bond acceptors (Lipinski definition) is 9. The molecule has 2 saturated heterocycles. The van der Waals surface area contributed by atoms with E-state index in [4.69, 9.17) is 15.3 Å². The van der Waals surface area contributed by atoms with Crippen LogP contribution in [0.1, 0.15) is 45.4 Å². The number of rotatable bonds is 14. The Kier molecular flexibility index (Phi) is 13.7. The van der Waals surface area contributed by atoms with Crippen molar-refractivity contribution in [3.05, 3.63) is 0 Å². The molecule has 3 rings (SSSR count). The van der Waals surface area contributed by atoms with Gasteiger partial charge in [0.25, 0.3) is 10.2 Å². The highest BCUT2D eigenvalue weighted by Gasteiger charge is 2.39. The third kappa shape index (κ3) is 10.7. The Morgan fingerprint density at radius 1 is 1.21 bits per heavy atom. The molecule has 0 unspecified atom stereocenters. The van der Waals surface area contributed by atoms with E-state index in [1.807, 2.05) is 4.90 Å². The average molecular weight is 596 g/mol. The minimum Gasteiger partial charge on any atom is -0.466 e. The van der Waals surface area contributed by atoms with E-state index in [0.29, 0.717) is 13.1 Å². The molecule has 3 aliphatic rings. The SMILES string of the molecule is CCOC(=O)CCN(C(=O)[C@H](CC(=O)NC[C@@H]1CCCN(C=NN)C1)NS(=O)(=O)N1CCOCC1)C1CC1.Cl. The molecule has 1 saturated carbocycles. The number of morpholine rings is 1. The third-order valence-corrected chi connectivity index (χ3v) is 8.42. The minimum absolute atomic E-state index is 0. The Bertz CT molecular complexity index is 945. The predicted molar refractivity (Wildman–Crippen MR) is 146 cm³/mol. The molecule has 16 heteroatoms. The van der Waals surface area contributed by atoms with Crippen molar-refractivity contribution >= 4 is 46.7 Å². The van der Waals surface area contributed by atoms with Crippen LogP contribution in [0, 0.1) is 5.92 Å². The maximum absolute atomic E-state index is 13.6. The van der Waals surface area contributed by atoms with Crippen LogP contribution in [0.2, 0.25) is 0 Å².